The summed E-state index contributed by atoms with van der Waals surface area (Å²) in [5, 5.41) is 3.02. The highest BCUT2D eigenvalue weighted by Gasteiger charge is 1.94. The van der Waals surface area contributed by atoms with Crippen molar-refractivity contribution in [2.75, 3.05) is 32.9 Å². The lowest BCUT2D eigenvalue weighted by Gasteiger charge is -2.08. The third kappa shape index (κ3) is 10.4. The Kier molecular flexibility index (Phi) is 12.1. The van der Waals surface area contributed by atoms with Crippen molar-refractivity contribution in [2.45, 2.75) is 20.3 Å². The Morgan fingerprint density at radius 1 is 1.24 bits per heavy atom. The van der Waals surface area contributed by atoms with Gasteiger partial charge in [-0.1, -0.05) is 17.7 Å². The number of nitrogens with two attached hydrogens (primary N) is 1. The van der Waals surface area contributed by atoms with Crippen molar-refractivity contribution < 1.29 is 9.47 Å². The molecule has 1 aromatic carbocycles. The van der Waals surface area contributed by atoms with Gasteiger partial charge in [-0.15, -0.1) is 24.0 Å². The highest BCUT2D eigenvalue weighted by molar-refractivity contribution is 14.0. The van der Waals surface area contributed by atoms with Crippen molar-refractivity contribution in [3.05, 3.63) is 29.8 Å². The van der Waals surface area contributed by atoms with Gasteiger partial charge in [0, 0.05) is 19.8 Å². The summed E-state index contributed by atoms with van der Waals surface area (Å²) in [4.78, 5) is 4.20. The number of rotatable bonds is 9. The first-order chi connectivity index (χ1) is 9.72. The predicted octanol–water partition coefficient (Wildman–Crippen LogP) is 2.32. The van der Waals surface area contributed by atoms with E-state index in [1.807, 2.05) is 38.1 Å². The van der Waals surface area contributed by atoms with E-state index in [1.165, 1.54) is 5.56 Å². The minimum atomic E-state index is 0. The Bertz CT molecular complexity index is 396. The van der Waals surface area contributed by atoms with Gasteiger partial charge in [0.25, 0.3) is 0 Å². The summed E-state index contributed by atoms with van der Waals surface area (Å²) in [5.41, 5.74) is 6.95. The van der Waals surface area contributed by atoms with Gasteiger partial charge < -0.3 is 20.5 Å². The Morgan fingerprint density at radius 3 is 2.62 bits per heavy atom. The standard InChI is InChI=1S/C15H25N3O2.HI/c1-3-19-11-4-9-17-15(16)18-10-12-20-14-7-5-13(2)6-8-14;/h5-8H,3-4,9-12H2,1-2H3,(H3,16,17,18);1H. The highest BCUT2D eigenvalue weighted by Crippen LogP contribution is 2.10. The molecule has 0 saturated heterocycles. The van der Waals surface area contributed by atoms with Gasteiger partial charge in [0.15, 0.2) is 5.96 Å². The lowest BCUT2D eigenvalue weighted by Crippen LogP contribution is -2.34. The molecule has 0 unspecified atom stereocenters. The molecule has 0 fully saturated rings. The second-order valence-corrected chi connectivity index (χ2v) is 4.41. The van der Waals surface area contributed by atoms with Crippen LogP contribution in [-0.4, -0.2) is 38.9 Å². The maximum Gasteiger partial charge on any atom is 0.188 e. The monoisotopic (exact) mass is 407 g/mol. The van der Waals surface area contributed by atoms with Gasteiger partial charge in [-0.3, -0.25) is 4.99 Å². The van der Waals surface area contributed by atoms with E-state index in [-0.39, 0.29) is 24.0 Å². The maximum absolute atomic E-state index is 5.73. The molecule has 0 spiro atoms. The van der Waals surface area contributed by atoms with E-state index >= 15 is 0 Å². The maximum atomic E-state index is 5.73. The predicted molar refractivity (Wildman–Crippen MR) is 97.7 cm³/mol. The van der Waals surface area contributed by atoms with Crippen molar-refractivity contribution in [1.82, 2.24) is 5.32 Å². The number of ether oxygens (including phenoxy) is 2. The Hall–Kier alpha value is -1.02. The average molecular weight is 407 g/mol. The van der Waals surface area contributed by atoms with Gasteiger partial charge in [-0.2, -0.15) is 0 Å². The van der Waals surface area contributed by atoms with E-state index in [1.54, 1.807) is 0 Å². The van der Waals surface area contributed by atoms with Crippen LogP contribution in [0.25, 0.3) is 0 Å². The minimum Gasteiger partial charge on any atom is -0.492 e. The molecular formula is C15H26IN3O2. The number of halogens is 1. The van der Waals surface area contributed by atoms with Crippen molar-refractivity contribution in [3.8, 4) is 5.75 Å². The van der Waals surface area contributed by atoms with Crippen LogP contribution < -0.4 is 15.8 Å². The number of aliphatic imine (C=N–C) groups is 1. The first-order valence-corrected chi connectivity index (χ1v) is 7.03. The largest absolute Gasteiger partial charge is 0.492 e. The lowest BCUT2D eigenvalue weighted by molar-refractivity contribution is 0.146. The molecule has 1 rings (SSSR count). The molecule has 0 aliphatic heterocycles. The van der Waals surface area contributed by atoms with Gasteiger partial charge in [0.2, 0.25) is 0 Å². The zero-order chi connectivity index (χ0) is 14.6. The molecule has 6 heteroatoms. The van der Waals surface area contributed by atoms with Crippen LogP contribution in [-0.2, 0) is 4.74 Å². The summed E-state index contributed by atoms with van der Waals surface area (Å²) in [7, 11) is 0. The molecule has 0 saturated carbocycles. The van der Waals surface area contributed by atoms with Gasteiger partial charge in [-0.25, -0.2) is 0 Å². The van der Waals surface area contributed by atoms with E-state index in [4.69, 9.17) is 15.2 Å². The summed E-state index contributed by atoms with van der Waals surface area (Å²) in [6.07, 6.45) is 0.885. The second kappa shape index (κ2) is 12.7. The topological polar surface area (TPSA) is 68.9 Å². The van der Waals surface area contributed by atoms with E-state index in [0.717, 1.165) is 25.4 Å². The number of hydrogen-bond donors (Lipinski definition) is 2. The van der Waals surface area contributed by atoms with Gasteiger partial charge in [0.1, 0.15) is 12.4 Å². The molecule has 21 heavy (non-hydrogen) atoms. The number of aryl methyl sites for hydroxylation is 1. The summed E-state index contributed by atoms with van der Waals surface area (Å²) >= 11 is 0. The fourth-order valence-corrected chi connectivity index (χ4v) is 1.55. The minimum absolute atomic E-state index is 0. The van der Waals surface area contributed by atoms with Gasteiger partial charge in [-0.05, 0) is 32.4 Å². The van der Waals surface area contributed by atoms with E-state index in [2.05, 4.69) is 10.3 Å². The smallest absolute Gasteiger partial charge is 0.188 e. The zero-order valence-corrected chi connectivity index (χ0v) is 15.1. The van der Waals surface area contributed by atoms with Crippen LogP contribution in [0.3, 0.4) is 0 Å². The van der Waals surface area contributed by atoms with Crippen LogP contribution in [0, 0.1) is 6.92 Å². The fraction of sp³-hybridized carbons (Fsp3) is 0.533. The normalized spacial score (nSPS) is 10.9. The lowest BCUT2D eigenvalue weighted by atomic mass is 10.2. The second-order valence-electron chi connectivity index (χ2n) is 4.41. The number of nitrogens with one attached hydrogen (secondary N) is 1. The van der Waals surface area contributed by atoms with Crippen LogP contribution in [0.15, 0.2) is 29.3 Å². The highest BCUT2D eigenvalue weighted by atomic mass is 127. The third-order valence-corrected chi connectivity index (χ3v) is 2.63. The number of nitrogens with zero attached hydrogens (tertiary/aromatic N) is 1. The molecule has 0 aliphatic carbocycles. The molecule has 3 N–H and O–H groups in total. The van der Waals surface area contributed by atoms with Crippen molar-refractivity contribution in [2.24, 2.45) is 10.7 Å². The fourth-order valence-electron chi connectivity index (χ4n) is 1.55. The first kappa shape index (κ1) is 20.0. The van der Waals surface area contributed by atoms with E-state index in [0.29, 0.717) is 25.7 Å². The molecule has 5 nitrogen and oxygen atoms in total. The molecule has 0 amide bonds. The molecule has 0 atom stereocenters. The molecule has 0 aromatic heterocycles. The number of benzene rings is 1. The SMILES string of the molecule is CCOCCCN=C(N)NCCOc1ccc(C)cc1.I. The molecule has 0 heterocycles. The Morgan fingerprint density at radius 2 is 1.95 bits per heavy atom. The molecule has 0 aliphatic rings. The number of guanidine groups is 1. The summed E-state index contributed by atoms with van der Waals surface area (Å²) in [6, 6.07) is 7.97. The van der Waals surface area contributed by atoms with Crippen molar-refractivity contribution in [3.63, 3.8) is 0 Å². The quantitative estimate of drug-likeness (QED) is 0.285. The van der Waals surface area contributed by atoms with Crippen LogP contribution >= 0.6 is 24.0 Å². The molecule has 120 valence electrons. The van der Waals surface area contributed by atoms with Crippen LogP contribution in [0.1, 0.15) is 18.9 Å². The van der Waals surface area contributed by atoms with Gasteiger partial charge >= 0.3 is 0 Å². The molecular weight excluding hydrogens is 381 g/mol. The zero-order valence-electron chi connectivity index (χ0n) is 12.8. The number of hydrogen-bond acceptors (Lipinski definition) is 3. The molecule has 1 aromatic rings. The molecule has 0 bridgehead atoms. The van der Waals surface area contributed by atoms with Crippen molar-refractivity contribution in [1.29, 1.82) is 0 Å². The van der Waals surface area contributed by atoms with Gasteiger partial charge in [0.05, 0.1) is 6.54 Å². The third-order valence-electron chi connectivity index (χ3n) is 2.63. The summed E-state index contributed by atoms with van der Waals surface area (Å²) in [5.74, 6) is 1.32. The summed E-state index contributed by atoms with van der Waals surface area (Å²) < 4.78 is 10.8. The van der Waals surface area contributed by atoms with E-state index in [9.17, 15) is 0 Å². The van der Waals surface area contributed by atoms with Crippen molar-refractivity contribution >= 4 is 29.9 Å². The van der Waals surface area contributed by atoms with Crippen LogP contribution in [0.4, 0.5) is 0 Å². The van der Waals surface area contributed by atoms with Crippen LogP contribution in [0.5, 0.6) is 5.75 Å². The molecule has 0 radical (unpaired) electrons. The average Bonchev–Trinajstić information content (AvgIpc) is 2.45. The van der Waals surface area contributed by atoms with E-state index < -0.39 is 0 Å². The summed E-state index contributed by atoms with van der Waals surface area (Å²) in [6.45, 7) is 7.36. The Labute approximate surface area is 144 Å². The van der Waals surface area contributed by atoms with Crippen LogP contribution in [0.2, 0.25) is 0 Å². The first-order valence-electron chi connectivity index (χ1n) is 7.03. The Balaban J connectivity index is 0.00000400.